The van der Waals surface area contributed by atoms with Gasteiger partial charge in [0.1, 0.15) is 0 Å². The summed E-state index contributed by atoms with van der Waals surface area (Å²) in [6.07, 6.45) is 0. The third-order valence-corrected chi connectivity index (χ3v) is 3.24. The fourth-order valence-corrected chi connectivity index (χ4v) is 2.10. The van der Waals surface area contributed by atoms with Crippen molar-refractivity contribution >= 4 is 23.1 Å². The maximum atomic E-state index is 11.7. The second-order valence-corrected chi connectivity index (χ2v) is 4.92. The van der Waals surface area contributed by atoms with Crippen LogP contribution in [0.4, 0.5) is 10.5 Å². The molecule has 1 aromatic heterocycles. The van der Waals surface area contributed by atoms with Crippen LogP contribution in [0.3, 0.4) is 0 Å². The normalized spacial score (nSPS) is 11.9. The highest BCUT2D eigenvalue weighted by atomic mass is 32.1. The van der Waals surface area contributed by atoms with E-state index in [2.05, 4.69) is 15.6 Å². The van der Waals surface area contributed by atoms with Gasteiger partial charge in [0.15, 0.2) is 0 Å². The zero-order chi connectivity index (χ0) is 13.7. The van der Waals surface area contributed by atoms with E-state index in [1.165, 1.54) is 11.3 Å². The molecule has 0 spiro atoms. The molecule has 4 N–H and O–H groups in total. The Hall–Kier alpha value is -1.92. The summed E-state index contributed by atoms with van der Waals surface area (Å²) < 4.78 is 0. The number of hydrogen-bond donors (Lipinski definition) is 3. The molecular weight excluding hydrogens is 260 g/mol. The highest BCUT2D eigenvalue weighted by molar-refractivity contribution is 7.07. The van der Waals surface area contributed by atoms with Gasteiger partial charge in [-0.2, -0.15) is 0 Å². The predicted molar refractivity (Wildman–Crippen MR) is 77.0 cm³/mol. The van der Waals surface area contributed by atoms with Crippen molar-refractivity contribution < 1.29 is 4.79 Å². The summed E-state index contributed by atoms with van der Waals surface area (Å²) in [5.74, 6) is 0. The van der Waals surface area contributed by atoms with E-state index in [-0.39, 0.29) is 12.1 Å². The van der Waals surface area contributed by atoms with Crippen LogP contribution in [0, 0.1) is 0 Å². The number of aromatic nitrogens is 1. The minimum atomic E-state index is -0.249. The van der Waals surface area contributed by atoms with Gasteiger partial charge in [-0.05, 0) is 24.6 Å². The lowest BCUT2D eigenvalue weighted by Gasteiger charge is -2.09. The fraction of sp³-hybridized carbons (Fsp3) is 0.231. The third kappa shape index (κ3) is 4.04. The smallest absolute Gasteiger partial charge is 0.319 e. The van der Waals surface area contributed by atoms with Crippen molar-refractivity contribution in [1.29, 1.82) is 0 Å². The molecule has 0 radical (unpaired) electrons. The van der Waals surface area contributed by atoms with Gasteiger partial charge in [-0.25, -0.2) is 9.78 Å². The molecule has 0 aliphatic rings. The number of nitrogens with two attached hydrogens (primary N) is 1. The Bertz CT molecular complexity index is 522. The van der Waals surface area contributed by atoms with E-state index in [4.69, 9.17) is 5.73 Å². The first-order valence-electron chi connectivity index (χ1n) is 5.92. The molecule has 100 valence electrons. The van der Waals surface area contributed by atoms with Crippen LogP contribution < -0.4 is 16.4 Å². The molecule has 1 aromatic carbocycles. The van der Waals surface area contributed by atoms with Crippen LogP contribution in [-0.4, -0.2) is 11.0 Å². The molecular formula is C13H16N4OS. The fourth-order valence-electron chi connectivity index (χ4n) is 1.54. The van der Waals surface area contributed by atoms with Crippen molar-refractivity contribution in [2.45, 2.75) is 19.5 Å². The first-order chi connectivity index (χ1) is 9.15. The van der Waals surface area contributed by atoms with Crippen molar-refractivity contribution in [3.63, 3.8) is 0 Å². The molecule has 0 aliphatic carbocycles. The molecule has 1 atom stereocenters. The Morgan fingerprint density at radius 3 is 2.74 bits per heavy atom. The van der Waals surface area contributed by atoms with E-state index in [0.29, 0.717) is 6.54 Å². The number of rotatable bonds is 4. The summed E-state index contributed by atoms with van der Waals surface area (Å²) in [6, 6.07) is 7.22. The monoisotopic (exact) mass is 276 g/mol. The van der Waals surface area contributed by atoms with Gasteiger partial charge in [0, 0.05) is 17.1 Å². The molecule has 19 heavy (non-hydrogen) atoms. The molecule has 2 rings (SSSR count). The summed E-state index contributed by atoms with van der Waals surface area (Å²) >= 11 is 1.50. The van der Waals surface area contributed by atoms with Crippen molar-refractivity contribution in [2.24, 2.45) is 5.73 Å². The standard InChI is InChI=1S/C13H16N4OS/c1-9(14)10-2-4-11(5-3-10)17-13(18)15-6-12-7-19-8-16-12/h2-5,7-9H,6,14H2,1H3,(H2,15,17,18). The van der Waals surface area contributed by atoms with Crippen LogP contribution in [0.15, 0.2) is 35.2 Å². The van der Waals surface area contributed by atoms with Crippen molar-refractivity contribution in [2.75, 3.05) is 5.32 Å². The van der Waals surface area contributed by atoms with Crippen LogP contribution in [0.1, 0.15) is 24.2 Å². The Labute approximate surface area is 115 Å². The van der Waals surface area contributed by atoms with Gasteiger partial charge < -0.3 is 16.4 Å². The van der Waals surface area contributed by atoms with Gasteiger partial charge >= 0.3 is 6.03 Å². The molecule has 0 aliphatic heterocycles. The number of amides is 2. The van der Waals surface area contributed by atoms with Crippen LogP contribution >= 0.6 is 11.3 Å². The van der Waals surface area contributed by atoms with Gasteiger partial charge in [0.05, 0.1) is 17.7 Å². The molecule has 2 amide bonds. The SMILES string of the molecule is CC(N)c1ccc(NC(=O)NCc2cscn2)cc1. The van der Waals surface area contributed by atoms with Gasteiger partial charge in [-0.15, -0.1) is 11.3 Å². The Morgan fingerprint density at radius 2 is 2.16 bits per heavy atom. The average molecular weight is 276 g/mol. The lowest BCUT2D eigenvalue weighted by atomic mass is 10.1. The first kappa shape index (κ1) is 13.5. The summed E-state index contributed by atoms with van der Waals surface area (Å²) in [5.41, 5.74) is 10.1. The molecule has 5 nitrogen and oxygen atoms in total. The highest BCUT2D eigenvalue weighted by Gasteiger charge is 2.03. The Kier molecular flexibility index (Phi) is 4.48. The topological polar surface area (TPSA) is 80.0 Å². The summed E-state index contributed by atoms with van der Waals surface area (Å²) in [7, 11) is 0. The minimum Gasteiger partial charge on any atom is -0.332 e. The number of thiazole rings is 1. The molecule has 0 bridgehead atoms. The molecule has 1 unspecified atom stereocenters. The van der Waals surface area contributed by atoms with Crippen LogP contribution in [0.5, 0.6) is 0 Å². The van der Waals surface area contributed by atoms with Gasteiger partial charge in [0.25, 0.3) is 0 Å². The zero-order valence-corrected chi connectivity index (χ0v) is 11.4. The van der Waals surface area contributed by atoms with E-state index in [1.54, 1.807) is 5.51 Å². The average Bonchev–Trinajstić information content (AvgIpc) is 2.90. The van der Waals surface area contributed by atoms with E-state index >= 15 is 0 Å². The number of nitrogens with one attached hydrogen (secondary N) is 2. The second-order valence-electron chi connectivity index (χ2n) is 4.20. The number of anilines is 1. The number of urea groups is 1. The Balaban J connectivity index is 1.84. The summed E-state index contributed by atoms with van der Waals surface area (Å²) in [5, 5.41) is 7.40. The van der Waals surface area contributed by atoms with E-state index in [9.17, 15) is 4.79 Å². The van der Waals surface area contributed by atoms with Crippen molar-refractivity contribution in [1.82, 2.24) is 10.3 Å². The summed E-state index contributed by atoms with van der Waals surface area (Å²) in [6.45, 7) is 2.34. The number of benzene rings is 1. The van der Waals surface area contributed by atoms with Gasteiger partial charge in [-0.3, -0.25) is 0 Å². The zero-order valence-electron chi connectivity index (χ0n) is 10.6. The van der Waals surface area contributed by atoms with Crippen molar-refractivity contribution in [3.8, 4) is 0 Å². The van der Waals surface area contributed by atoms with E-state index in [0.717, 1.165) is 16.9 Å². The molecule has 0 fully saturated rings. The molecule has 2 aromatic rings. The number of nitrogens with zero attached hydrogens (tertiary/aromatic N) is 1. The van der Waals surface area contributed by atoms with Gasteiger partial charge in [-0.1, -0.05) is 12.1 Å². The van der Waals surface area contributed by atoms with Crippen LogP contribution in [-0.2, 0) is 6.54 Å². The highest BCUT2D eigenvalue weighted by Crippen LogP contribution is 2.14. The summed E-state index contributed by atoms with van der Waals surface area (Å²) in [4.78, 5) is 15.7. The predicted octanol–water partition coefficient (Wildman–Crippen LogP) is 2.48. The lowest BCUT2D eigenvalue weighted by Crippen LogP contribution is -2.28. The maximum absolute atomic E-state index is 11.7. The van der Waals surface area contributed by atoms with E-state index in [1.807, 2.05) is 36.6 Å². The van der Waals surface area contributed by atoms with Crippen LogP contribution in [0.25, 0.3) is 0 Å². The number of carbonyl (C=O) groups excluding carboxylic acids is 1. The number of hydrogen-bond acceptors (Lipinski definition) is 4. The van der Waals surface area contributed by atoms with Gasteiger partial charge in [0.2, 0.25) is 0 Å². The van der Waals surface area contributed by atoms with Crippen LogP contribution in [0.2, 0.25) is 0 Å². The first-order valence-corrected chi connectivity index (χ1v) is 6.87. The molecule has 6 heteroatoms. The number of carbonyl (C=O) groups is 1. The van der Waals surface area contributed by atoms with Crippen molar-refractivity contribution in [3.05, 3.63) is 46.4 Å². The molecule has 1 heterocycles. The maximum Gasteiger partial charge on any atom is 0.319 e. The second kappa shape index (κ2) is 6.31. The largest absolute Gasteiger partial charge is 0.332 e. The lowest BCUT2D eigenvalue weighted by molar-refractivity contribution is 0.251. The van der Waals surface area contributed by atoms with E-state index < -0.39 is 0 Å². The molecule has 0 saturated heterocycles. The Morgan fingerprint density at radius 1 is 1.42 bits per heavy atom. The molecule has 0 saturated carbocycles. The quantitative estimate of drug-likeness (QED) is 0.802. The third-order valence-electron chi connectivity index (χ3n) is 2.61. The minimum absolute atomic E-state index is 0.00691.